The van der Waals surface area contributed by atoms with Crippen LogP contribution in [0.5, 0.6) is 0 Å². The third-order valence-electron chi connectivity index (χ3n) is 2.32. The van der Waals surface area contributed by atoms with Crippen LogP contribution in [0.15, 0.2) is 12.2 Å². The topological polar surface area (TPSA) is 3.24 Å². The highest BCUT2D eigenvalue weighted by atomic mass is 15.2. The van der Waals surface area contributed by atoms with Crippen LogP contribution in [0.3, 0.4) is 0 Å². The molecule has 1 nitrogen and oxygen atoms in total. The van der Waals surface area contributed by atoms with Crippen LogP contribution in [-0.2, 0) is 0 Å². The third-order valence-corrected chi connectivity index (χ3v) is 2.32. The number of hydrogen-bond donors (Lipinski definition) is 0. The van der Waals surface area contributed by atoms with Crippen LogP contribution < -0.4 is 0 Å². The summed E-state index contributed by atoms with van der Waals surface area (Å²) in [5, 5.41) is 0. The average molecular weight is 153 g/mol. The first kappa shape index (κ1) is 8.79. The molecule has 1 heteroatoms. The standard InChI is InChI=1S/C10H19N/c1-9-6-5-7-11(8-9)10(2,3)4/h1,5-8H2,2-4H3. The Morgan fingerprint density at radius 3 is 2.36 bits per heavy atom. The Labute approximate surface area is 70.1 Å². The quantitative estimate of drug-likeness (QED) is 0.483. The summed E-state index contributed by atoms with van der Waals surface area (Å²) >= 11 is 0. The van der Waals surface area contributed by atoms with Crippen molar-refractivity contribution in [3.8, 4) is 0 Å². The molecule has 0 aromatic rings. The summed E-state index contributed by atoms with van der Waals surface area (Å²) < 4.78 is 0. The molecular weight excluding hydrogens is 134 g/mol. The van der Waals surface area contributed by atoms with Crippen molar-refractivity contribution in [3.05, 3.63) is 12.2 Å². The highest BCUT2D eigenvalue weighted by Crippen LogP contribution is 2.21. The molecule has 1 fully saturated rings. The molecule has 0 radical (unpaired) electrons. The van der Waals surface area contributed by atoms with E-state index in [0.29, 0.717) is 5.54 Å². The maximum Gasteiger partial charge on any atom is 0.0195 e. The minimum absolute atomic E-state index is 0.323. The molecule has 0 aliphatic carbocycles. The van der Waals surface area contributed by atoms with E-state index in [-0.39, 0.29) is 0 Å². The Kier molecular flexibility index (Phi) is 2.38. The second-order valence-corrected chi connectivity index (χ2v) is 4.45. The van der Waals surface area contributed by atoms with E-state index in [0.717, 1.165) is 6.54 Å². The molecule has 0 saturated carbocycles. The molecule has 0 aromatic heterocycles. The largest absolute Gasteiger partial charge is 0.295 e. The van der Waals surface area contributed by atoms with Crippen LogP contribution in [0.4, 0.5) is 0 Å². The van der Waals surface area contributed by atoms with Gasteiger partial charge in [-0.2, -0.15) is 0 Å². The van der Waals surface area contributed by atoms with Crippen molar-refractivity contribution in [3.63, 3.8) is 0 Å². The molecule has 1 rings (SSSR count). The Hall–Kier alpha value is -0.300. The summed E-state index contributed by atoms with van der Waals surface area (Å²) in [7, 11) is 0. The molecule has 0 aromatic carbocycles. The molecule has 0 spiro atoms. The van der Waals surface area contributed by atoms with Gasteiger partial charge in [0.25, 0.3) is 0 Å². The van der Waals surface area contributed by atoms with Gasteiger partial charge in [-0.1, -0.05) is 12.2 Å². The van der Waals surface area contributed by atoms with Crippen LogP contribution >= 0.6 is 0 Å². The molecule has 0 bridgehead atoms. The first-order chi connectivity index (χ1) is 5.00. The Morgan fingerprint density at radius 2 is 2.00 bits per heavy atom. The van der Waals surface area contributed by atoms with Gasteiger partial charge >= 0.3 is 0 Å². The SMILES string of the molecule is C=C1CCCN(C(C)(C)C)C1. The van der Waals surface area contributed by atoms with Crippen LogP contribution in [0.1, 0.15) is 33.6 Å². The van der Waals surface area contributed by atoms with E-state index in [2.05, 4.69) is 32.3 Å². The monoisotopic (exact) mass is 153 g/mol. The third kappa shape index (κ3) is 2.33. The van der Waals surface area contributed by atoms with Crippen molar-refractivity contribution in [2.45, 2.75) is 39.2 Å². The van der Waals surface area contributed by atoms with Crippen molar-refractivity contribution < 1.29 is 0 Å². The Balaban J connectivity index is 2.53. The Morgan fingerprint density at radius 1 is 1.36 bits per heavy atom. The second-order valence-electron chi connectivity index (χ2n) is 4.45. The molecule has 0 amide bonds. The number of rotatable bonds is 0. The molecule has 1 heterocycles. The number of nitrogens with zero attached hydrogens (tertiary/aromatic N) is 1. The predicted octanol–water partition coefficient (Wildman–Crippen LogP) is 2.44. The average Bonchev–Trinajstić information content (AvgIpc) is 1.86. The maximum atomic E-state index is 4.04. The van der Waals surface area contributed by atoms with Gasteiger partial charge in [0.05, 0.1) is 0 Å². The lowest BCUT2D eigenvalue weighted by molar-refractivity contribution is 0.133. The van der Waals surface area contributed by atoms with Crippen LogP contribution in [0.25, 0.3) is 0 Å². The van der Waals surface area contributed by atoms with Gasteiger partial charge in [-0.05, 0) is 40.2 Å². The van der Waals surface area contributed by atoms with E-state index in [1.807, 2.05) is 0 Å². The van der Waals surface area contributed by atoms with Gasteiger partial charge < -0.3 is 0 Å². The van der Waals surface area contributed by atoms with Gasteiger partial charge in [-0.15, -0.1) is 0 Å². The fourth-order valence-electron chi connectivity index (χ4n) is 1.52. The number of piperidine rings is 1. The van der Waals surface area contributed by atoms with Crippen molar-refractivity contribution in [1.29, 1.82) is 0 Å². The highest BCUT2D eigenvalue weighted by molar-refractivity contribution is 5.02. The van der Waals surface area contributed by atoms with Crippen LogP contribution in [0, 0.1) is 0 Å². The van der Waals surface area contributed by atoms with E-state index < -0.39 is 0 Å². The molecule has 1 aliphatic heterocycles. The number of hydrogen-bond acceptors (Lipinski definition) is 1. The summed E-state index contributed by atoms with van der Waals surface area (Å²) in [6.07, 6.45) is 2.52. The minimum atomic E-state index is 0.323. The smallest absolute Gasteiger partial charge is 0.0195 e. The lowest BCUT2D eigenvalue weighted by atomic mass is 9.99. The first-order valence-electron chi connectivity index (χ1n) is 4.42. The van der Waals surface area contributed by atoms with Crippen molar-refractivity contribution >= 4 is 0 Å². The van der Waals surface area contributed by atoms with Crippen molar-refractivity contribution in [2.24, 2.45) is 0 Å². The van der Waals surface area contributed by atoms with Crippen molar-refractivity contribution in [2.75, 3.05) is 13.1 Å². The van der Waals surface area contributed by atoms with E-state index in [1.54, 1.807) is 0 Å². The Bertz CT molecular complexity index is 153. The first-order valence-corrected chi connectivity index (χ1v) is 4.42. The zero-order valence-electron chi connectivity index (χ0n) is 7.98. The molecule has 64 valence electrons. The summed E-state index contributed by atoms with van der Waals surface area (Å²) in [4.78, 5) is 2.50. The van der Waals surface area contributed by atoms with E-state index >= 15 is 0 Å². The van der Waals surface area contributed by atoms with E-state index in [4.69, 9.17) is 0 Å². The molecule has 11 heavy (non-hydrogen) atoms. The minimum Gasteiger partial charge on any atom is -0.295 e. The van der Waals surface area contributed by atoms with E-state index in [9.17, 15) is 0 Å². The maximum absolute atomic E-state index is 4.04. The van der Waals surface area contributed by atoms with E-state index in [1.165, 1.54) is 25.0 Å². The zero-order chi connectivity index (χ0) is 8.48. The van der Waals surface area contributed by atoms with Gasteiger partial charge in [-0.25, -0.2) is 0 Å². The fraction of sp³-hybridized carbons (Fsp3) is 0.800. The van der Waals surface area contributed by atoms with Crippen LogP contribution in [0.2, 0.25) is 0 Å². The highest BCUT2D eigenvalue weighted by Gasteiger charge is 2.23. The predicted molar refractivity (Wildman–Crippen MR) is 49.7 cm³/mol. The molecule has 0 N–H and O–H groups in total. The summed E-state index contributed by atoms with van der Waals surface area (Å²) in [6, 6.07) is 0. The van der Waals surface area contributed by atoms with Crippen LogP contribution in [-0.4, -0.2) is 23.5 Å². The second kappa shape index (κ2) is 2.98. The summed E-state index contributed by atoms with van der Waals surface area (Å²) in [5.74, 6) is 0. The lowest BCUT2D eigenvalue weighted by Gasteiger charge is -2.39. The molecule has 1 saturated heterocycles. The molecule has 0 atom stereocenters. The molecular formula is C10H19N. The molecule has 0 unspecified atom stereocenters. The number of likely N-dealkylation sites (tertiary alicyclic amines) is 1. The fourth-order valence-corrected chi connectivity index (χ4v) is 1.52. The normalized spacial score (nSPS) is 22.3. The summed E-state index contributed by atoms with van der Waals surface area (Å²) in [5.41, 5.74) is 1.72. The van der Waals surface area contributed by atoms with Gasteiger partial charge in [0, 0.05) is 12.1 Å². The van der Waals surface area contributed by atoms with Crippen molar-refractivity contribution in [1.82, 2.24) is 4.90 Å². The van der Waals surface area contributed by atoms with Gasteiger partial charge in [-0.3, -0.25) is 4.90 Å². The molecule has 1 aliphatic rings. The van der Waals surface area contributed by atoms with Gasteiger partial charge in [0.15, 0.2) is 0 Å². The zero-order valence-corrected chi connectivity index (χ0v) is 7.98. The summed E-state index contributed by atoms with van der Waals surface area (Å²) in [6.45, 7) is 13.2. The lowest BCUT2D eigenvalue weighted by Crippen LogP contribution is -2.44. The van der Waals surface area contributed by atoms with Gasteiger partial charge in [0.1, 0.15) is 0 Å². The van der Waals surface area contributed by atoms with Gasteiger partial charge in [0.2, 0.25) is 0 Å².